The number of amidine groups is 1. The minimum absolute atomic E-state index is 0.430. The zero-order valence-electron chi connectivity index (χ0n) is 13.9. The summed E-state index contributed by atoms with van der Waals surface area (Å²) in [5, 5.41) is 10.9. The van der Waals surface area contributed by atoms with E-state index < -0.39 is 0 Å². The zero-order valence-corrected chi connectivity index (χ0v) is 14.7. The lowest BCUT2D eigenvalue weighted by molar-refractivity contribution is 0.415. The molecular weight excluding hydrogens is 330 g/mol. The fourth-order valence-electron chi connectivity index (χ4n) is 2.49. The van der Waals surface area contributed by atoms with Crippen LogP contribution in [0.3, 0.4) is 0 Å². The summed E-state index contributed by atoms with van der Waals surface area (Å²) in [5.41, 5.74) is 8.03. The van der Waals surface area contributed by atoms with Gasteiger partial charge in [0.15, 0.2) is 5.17 Å². The summed E-state index contributed by atoms with van der Waals surface area (Å²) in [7, 11) is 1.65. The van der Waals surface area contributed by atoms with Gasteiger partial charge >= 0.3 is 0 Å². The maximum atomic E-state index is 5.94. The summed E-state index contributed by atoms with van der Waals surface area (Å²) in [6.45, 7) is 0. The van der Waals surface area contributed by atoms with Crippen LogP contribution in [0.4, 0.5) is 0 Å². The van der Waals surface area contributed by atoms with Crippen LogP contribution in [0, 0.1) is 0 Å². The number of hydrogen-bond donors (Lipinski definition) is 1. The van der Waals surface area contributed by atoms with Gasteiger partial charge in [0, 0.05) is 11.3 Å². The third-order valence-electron chi connectivity index (χ3n) is 3.72. The molecule has 0 unspecified atom stereocenters. The van der Waals surface area contributed by atoms with Crippen molar-refractivity contribution in [2.45, 2.75) is 5.75 Å². The van der Waals surface area contributed by atoms with Gasteiger partial charge in [-0.25, -0.2) is 0 Å². The molecule has 4 nitrogen and oxygen atoms in total. The van der Waals surface area contributed by atoms with Crippen LogP contribution in [-0.4, -0.2) is 18.5 Å². The van der Waals surface area contributed by atoms with Gasteiger partial charge in [-0.3, -0.25) is 0 Å². The SMILES string of the molecule is COc1ccc2ccccc2c1C=NN=C(N)SCc1ccccc1. The van der Waals surface area contributed by atoms with E-state index in [9.17, 15) is 0 Å². The average molecular weight is 349 g/mol. The molecular formula is C20H19N3OS. The van der Waals surface area contributed by atoms with E-state index in [1.54, 1.807) is 13.3 Å². The minimum Gasteiger partial charge on any atom is -0.496 e. The number of nitrogens with two attached hydrogens (primary N) is 1. The first-order valence-corrected chi connectivity index (χ1v) is 8.85. The largest absolute Gasteiger partial charge is 0.496 e. The molecule has 0 aliphatic carbocycles. The highest BCUT2D eigenvalue weighted by Crippen LogP contribution is 2.26. The molecule has 0 saturated carbocycles. The highest BCUT2D eigenvalue weighted by Gasteiger charge is 2.05. The van der Waals surface area contributed by atoms with E-state index in [1.807, 2.05) is 48.5 Å². The summed E-state index contributed by atoms with van der Waals surface area (Å²) < 4.78 is 5.44. The molecule has 0 amide bonds. The van der Waals surface area contributed by atoms with E-state index in [0.717, 1.165) is 27.8 Å². The van der Waals surface area contributed by atoms with Gasteiger partial charge in [-0.05, 0) is 22.4 Å². The monoisotopic (exact) mass is 349 g/mol. The highest BCUT2D eigenvalue weighted by atomic mass is 32.2. The number of hydrogen-bond acceptors (Lipinski definition) is 4. The molecule has 0 radical (unpaired) electrons. The predicted molar refractivity (Wildman–Crippen MR) is 107 cm³/mol. The topological polar surface area (TPSA) is 60.0 Å². The Labute approximate surface area is 151 Å². The molecule has 25 heavy (non-hydrogen) atoms. The molecule has 0 fully saturated rings. The number of ether oxygens (including phenoxy) is 1. The molecule has 2 N–H and O–H groups in total. The van der Waals surface area contributed by atoms with Crippen LogP contribution in [-0.2, 0) is 5.75 Å². The van der Waals surface area contributed by atoms with Crippen molar-refractivity contribution in [1.82, 2.24) is 0 Å². The molecule has 126 valence electrons. The second kappa shape index (κ2) is 8.35. The first-order valence-electron chi connectivity index (χ1n) is 7.87. The lowest BCUT2D eigenvalue weighted by Crippen LogP contribution is -2.06. The van der Waals surface area contributed by atoms with E-state index >= 15 is 0 Å². The Kier molecular flexibility index (Phi) is 5.69. The first-order chi connectivity index (χ1) is 12.3. The van der Waals surface area contributed by atoms with Gasteiger partial charge in [-0.1, -0.05) is 72.4 Å². The minimum atomic E-state index is 0.430. The summed E-state index contributed by atoms with van der Waals surface area (Å²) in [6, 6.07) is 22.2. The molecule has 0 heterocycles. The fraction of sp³-hybridized carbons (Fsp3) is 0.100. The molecule has 0 atom stereocenters. The van der Waals surface area contributed by atoms with Crippen molar-refractivity contribution in [3.63, 3.8) is 0 Å². The Bertz CT molecular complexity index is 907. The number of fused-ring (bicyclic) bond motifs is 1. The van der Waals surface area contributed by atoms with Crippen LogP contribution in [0.1, 0.15) is 11.1 Å². The van der Waals surface area contributed by atoms with Gasteiger partial charge in [0.1, 0.15) is 5.75 Å². The Morgan fingerprint density at radius 3 is 2.60 bits per heavy atom. The Morgan fingerprint density at radius 1 is 1.04 bits per heavy atom. The highest BCUT2D eigenvalue weighted by molar-refractivity contribution is 8.13. The molecule has 3 rings (SSSR count). The van der Waals surface area contributed by atoms with E-state index in [4.69, 9.17) is 10.5 Å². The summed E-state index contributed by atoms with van der Waals surface area (Å²) in [5.74, 6) is 1.52. The van der Waals surface area contributed by atoms with Gasteiger partial charge in [0.25, 0.3) is 0 Å². The van der Waals surface area contributed by atoms with Gasteiger partial charge in [-0.15, -0.1) is 5.10 Å². The van der Waals surface area contributed by atoms with Crippen LogP contribution in [0.2, 0.25) is 0 Å². The predicted octanol–water partition coefficient (Wildman–Crippen LogP) is 4.43. The number of methoxy groups -OCH3 is 1. The number of rotatable bonds is 5. The fourth-order valence-corrected chi connectivity index (χ4v) is 3.10. The number of thioether (sulfide) groups is 1. The second-order valence-corrected chi connectivity index (χ2v) is 6.36. The van der Waals surface area contributed by atoms with Crippen LogP contribution in [0.5, 0.6) is 5.75 Å². The van der Waals surface area contributed by atoms with Crippen LogP contribution >= 0.6 is 11.8 Å². The normalized spacial score (nSPS) is 12.0. The smallest absolute Gasteiger partial charge is 0.180 e. The third-order valence-corrected chi connectivity index (χ3v) is 4.58. The molecule has 0 bridgehead atoms. The maximum absolute atomic E-state index is 5.94. The standard InChI is InChI=1S/C20H19N3OS/c1-24-19-12-11-16-9-5-6-10-17(16)18(19)13-22-23-20(21)25-14-15-7-3-2-4-8-15/h2-13H,14H2,1H3,(H2,21,23). The van der Waals surface area contributed by atoms with Gasteiger partial charge in [0.2, 0.25) is 0 Å². The Balaban J connectivity index is 1.76. The van der Waals surface area contributed by atoms with Crippen molar-refractivity contribution in [1.29, 1.82) is 0 Å². The molecule has 0 aliphatic rings. The summed E-state index contributed by atoms with van der Waals surface area (Å²) in [6.07, 6.45) is 1.69. The van der Waals surface area contributed by atoms with E-state index in [2.05, 4.69) is 28.4 Å². The Hall–Kier alpha value is -2.79. The molecule has 0 aliphatic heterocycles. The van der Waals surface area contributed by atoms with E-state index in [-0.39, 0.29) is 0 Å². The molecule has 3 aromatic rings. The lowest BCUT2D eigenvalue weighted by Gasteiger charge is -2.07. The molecule has 0 saturated heterocycles. The van der Waals surface area contributed by atoms with Crippen molar-refractivity contribution >= 4 is 33.9 Å². The third kappa shape index (κ3) is 4.39. The van der Waals surface area contributed by atoms with Crippen molar-refractivity contribution in [3.05, 3.63) is 77.9 Å². The second-order valence-electron chi connectivity index (χ2n) is 5.36. The Morgan fingerprint density at radius 2 is 1.80 bits per heavy atom. The van der Waals surface area contributed by atoms with Crippen molar-refractivity contribution in [3.8, 4) is 5.75 Å². The average Bonchev–Trinajstić information content (AvgIpc) is 2.67. The van der Waals surface area contributed by atoms with Crippen LogP contribution in [0.15, 0.2) is 76.9 Å². The van der Waals surface area contributed by atoms with Gasteiger partial charge in [0.05, 0.1) is 13.3 Å². The van der Waals surface area contributed by atoms with Crippen LogP contribution in [0.25, 0.3) is 10.8 Å². The van der Waals surface area contributed by atoms with E-state index in [1.165, 1.54) is 17.3 Å². The maximum Gasteiger partial charge on any atom is 0.180 e. The zero-order chi connectivity index (χ0) is 17.5. The quantitative estimate of drug-likeness (QED) is 0.421. The van der Waals surface area contributed by atoms with E-state index in [0.29, 0.717) is 5.17 Å². The van der Waals surface area contributed by atoms with Gasteiger partial charge < -0.3 is 10.5 Å². The number of benzene rings is 3. The van der Waals surface area contributed by atoms with Gasteiger partial charge in [-0.2, -0.15) is 5.10 Å². The van der Waals surface area contributed by atoms with Crippen molar-refractivity contribution in [2.24, 2.45) is 15.9 Å². The summed E-state index contributed by atoms with van der Waals surface area (Å²) >= 11 is 1.46. The first kappa shape index (κ1) is 17.0. The van der Waals surface area contributed by atoms with Crippen LogP contribution < -0.4 is 10.5 Å². The molecule has 0 aromatic heterocycles. The summed E-state index contributed by atoms with van der Waals surface area (Å²) in [4.78, 5) is 0. The van der Waals surface area contributed by atoms with Crippen molar-refractivity contribution in [2.75, 3.05) is 7.11 Å². The molecule has 0 spiro atoms. The number of nitrogens with zero attached hydrogens (tertiary/aromatic N) is 2. The van der Waals surface area contributed by atoms with Crippen molar-refractivity contribution < 1.29 is 4.74 Å². The molecule has 5 heteroatoms. The molecule has 3 aromatic carbocycles. The lowest BCUT2D eigenvalue weighted by atomic mass is 10.0.